The molecule has 0 saturated carbocycles. The van der Waals surface area contributed by atoms with Gasteiger partial charge in [-0.2, -0.15) is 0 Å². The number of nitrogens with zero attached hydrogens (tertiary/aromatic N) is 2. The summed E-state index contributed by atoms with van der Waals surface area (Å²) in [6.07, 6.45) is 0.201. The van der Waals surface area contributed by atoms with Gasteiger partial charge in [0.25, 0.3) is 10.0 Å². The Kier molecular flexibility index (Phi) is 11.9. The predicted octanol–water partition coefficient (Wildman–Crippen LogP) is 6.35. The summed E-state index contributed by atoms with van der Waals surface area (Å²) >= 11 is 3.48. The van der Waals surface area contributed by atoms with Gasteiger partial charge in [-0.15, -0.1) is 0 Å². The van der Waals surface area contributed by atoms with Gasteiger partial charge in [0, 0.05) is 23.5 Å². The summed E-state index contributed by atoms with van der Waals surface area (Å²) < 4.78 is 49.2. The molecule has 4 rings (SSSR count). The first-order valence-electron chi connectivity index (χ1n) is 14.9. The molecule has 0 fully saturated rings. The van der Waals surface area contributed by atoms with Crippen molar-refractivity contribution in [2.45, 2.75) is 50.7 Å². The Morgan fingerprint density at radius 2 is 1.54 bits per heavy atom. The Morgan fingerprint density at radius 1 is 0.891 bits per heavy atom. The number of benzene rings is 4. The summed E-state index contributed by atoms with van der Waals surface area (Å²) in [7, 11) is -4.36. The highest BCUT2D eigenvalue weighted by Gasteiger charge is 2.35. The van der Waals surface area contributed by atoms with Gasteiger partial charge in [0.2, 0.25) is 11.8 Å². The first-order valence-corrected chi connectivity index (χ1v) is 17.1. The smallest absolute Gasteiger partial charge is 0.264 e. The standard InChI is InChI=1S/C35H37BrFN3O5S/c1-4-45-31-17-15-30(16-18-31)40(46(43,44)32-19-13-29(37)14-20-32)24-34(41)39(23-27-11-8-12-28(36)21-27)33(35(42)38-25(2)3)22-26-9-6-5-7-10-26/h5-21,25,33H,4,22-24H2,1-3H3,(H,38,42)/t33-/m1/s1. The first kappa shape index (κ1) is 34.6. The van der Waals surface area contributed by atoms with Crippen LogP contribution in [0.25, 0.3) is 0 Å². The van der Waals surface area contributed by atoms with Crippen LogP contribution in [0.15, 0.2) is 112 Å². The van der Waals surface area contributed by atoms with Crippen LogP contribution in [0.4, 0.5) is 10.1 Å². The summed E-state index contributed by atoms with van der Waals surface area (Å²) in [6, 6.07) is 26.3. The summed E-state index contributed by atoms with van der Waals surface area (Å²) in [5.41, 5.74) is 1.78. The maximum atomic E-state index is 14.5. The Hall–Kier alpha value is -4.22. The number of sulfonamides is 1. The molecule has 0 radical (unpaired) electrons. The fraction of sp³-hybridized carbons (Fsp3) is 0.257. The summed E-state index contributed by atoms with van der Waals surface area (Å²) in [5.74, 6) is -1.03. The van der Waals surface area contributed by atoms with Gasteiger partial charge in [0.1, 0.15) is 24.2 Å². The molecule has 0 saturated heterocycles. The summed E-state index contributed by atoms with van der Waals surface area (Å²) in [5, 5.41) is 2.94. The number of amides is 2. The third-order valence-corrected chi connectivity index (χ3v) is 9.34. The number of carbonyl (C=O) groups excluding carboxylic acids is 2. The molecule has 46 heavy (non-hydrogen) atoms. The number of anilines is 1. The second-order valence-corrected chi connectivity index (χ2v) is 13.7. The number of hydrogen-bond acceptors (Lipinski definition) is 5. The van der Waals surface area contributed by atoms with Crippen LogP contribution in [0.5, 0.6) is 5.75 Å². The molecular weight excluding hydrogens is 673 g/mol. The number of carbonyl (C=O) groups is 2. The molecule has 0 unspecified atom stereocenters. The maximum absolute atomic E-state index is 14.5. The number of ether oxygens (including phenoxy) is 1. The molecular formula is C35H37BrFN3O5S. The second kappa shape index (κ2) is 15.9. The molecule has 1 N–H and O–H groups in total. The van der Waals surface area contributed by atoms with Crippen molar-refractivity contribution in [3.05, 3.63) is 125 Å². The number of nitrogens with one attached hydrogen (secondary N) is 1. The van der Waals surface area contributed by atoms with E-state index in [1.54, 1.807) is 24.3 Å². The molecule has 0 bridgehead atoms. The molecule has 4 aromatic carbocycles. The first-order chi connectivity index (χ1) is 22.0. The fourth-order valence-corrected chi connectivity index (χ4v) is 6.77. The Morgan fingerprint density at radius 3 is 2.15 bits per heavy atom. The van der Waals surface area contributed by atoms with Crippen LogP contribution in [0, 0.1) is 5.82 Å². The molecule has 0 aliphatic carbocycles. The van der Waals surface area contributed by atoms with Crippen LogP contribution in [0.2, 0.25) is 0 Å². The molecule has 4 aromatic rings. The molecule has 8 nitrogen and oxygen atoms in total. The van der Waals surface area contributed by atoms with Crippen LogP contribution in [0.3, 0.4) is 0 Å². The third-order valence-electron chi connectivity index (χ3n) is 7.06. The van der Waals surface area contributed by atoms with Crippen molar-refractivity contribution in [1.82, 2.24) is 10.2 Å². The topological polar surface area (TPSA) is 96.0 Å². The number of halogens is 2. The highest BCUT2D eigenvalue weighted by Crippen LogP contribution is 2.27. The van der Waals surface area contributed by atoms with Crippen molar-refractivity contribution < 1.29 is 27.1 Å². The van der Waals surface area contributed by atoms with E-state index in [-0.39, 0.29) is 35.5 Å². The zero-order chi connectivity index (χ0) is 33.3. The highest BCUT2D eigenvalue weighted by molar-refractivity contribution is 9.10. The van der Waals surface area contributed by atoms with E-state index >= 15 is 0 Å². The molecule has 242 valence electrons. The number of rotatable bonds is 14. The van der Waals surface area contributed by atoms with Gasteiger partial charge >= 0.3 is 0 Å². The van der Waals surface area contributed by atoms with E-state index in [1.165, 1.54) is 4.90 Å². The minimum Gasteiger partial charge on any atom is -0.494 e. The lowest BCUT2D eigenvalue weighted by atomic mass is 10.0. The van der Waals surface area contributed by atoms with E-state index in [2.05, 4.69) is 21.2 Å². The minimum absolute atomic E-state index is 0.0367. The highest BCUT2D eigenvalue weighted by atomic mass is 79.9. The van der Waals surface area contributed by atoms with E-state index in [1.807, 2.05) is 75.4 Å². The van der Waals surface area contributed by atoms with Gasteiger partial charge in [0.15, 0.2) is 0 Å². The summed E-state index contributed by atoms with van der Waals surface area (Å²) in [6.45, 7) is 5.33. The monoisotopic (exact) mass is 709 g/mol. The molecule has 2 amide bonds. The largest absolute Gasteiger partial charge is 0.494 e. The van der Waals surface area contributed by atoms with Crippen molar-refractivity contribution in [3.8, 4) is 5.75 Å². The molecule has 0 heterocycles. The number of hydrogen-bond donors (Lipinski definition) is 1. The van der Waals surface area contributed by atoms with Crippen molar-refractivity contribution in [1.29, 1.82) is 0 Å². The van der Waals surface area contributed by atoms with Crippen LogP contribution >= 0.6 is 15.9 Å². The van der Waals surface area contributed by atoms with E-state index in [9.17, 15) is 22.4 Å². The van der Waals surface area contributed by atoms with Crippen molar-refractivity contribution in [2.75, 3.05) is 17.5 Å². The second-order valence-electron chi connectivity index (χ2n) is 10.9. The predicted molar refractivity (Wildman–Crippen MR) is 180 cm³/mol. The van der Waals surface area contributed by atoms with E-state index in [4.69, 9.17) is 4.74 Å². The van der Waals surface area contributed by atoms with Gasteiger partial charge in [0.05, 0.1) is 17.2 Å². The normalized spacial score (nSPS) is 12.0. The van der Waals surface area contributed by atoms with Gasteiger partial charge in [-0.05, 0) is 92.6 Å². The van der Waals surface area contributed by atoms with Crippen LogP contribution in [-0.4, -0.2) is 50.4 Å². The van der Waals surface area contributed by atoms with Gasteiger partial charge in [-0.3, -0.25) is 13.9 Å². The van der Waals surface area contributed by atoms with E-state index in [0.29, 0.717) is 12.4 Å². The van der Waals surface area contributed by atoms with E-state index < -0.39 is 34.3 Å². The quantitative estimate of drug-likeness (QED) is 0.165. The van der Waals surface area contributed by atoms with Crippen molar-refractivity contribution in [3.63, 3.8) is 0 Å². The SMILES string of the molecule is CCOc1ccc(N(CC(=O)N(Cc2cccc(Br)c2)[C@H](Cc2ccccc2)C(=O)NC(C)C)S(=O)(=O)c2ccc(F)cc2)cc1. The van der Waals surface area contributed by atoms with Gasteiger partial charge in [-0.1, -0.05) is 58.4 Å². The zero-order valence-electron chi connectivity index (χ0n) is 25.9. The van der Waals surface area contributed by atoms with Crippen molar-refractivity contribution >= 4 is 43.5 Å². The minimum atomic E-state index is -4.36. The fourth-order valence-electron chi connectivity index (χ4n) is 4.90. The lowest BCUT2D eigenvalue weighted by Crippen LogP contribution is -2.54. The maximum Gasteiger partial charge on any atom is 0.264 e. The lowest BCUT2D eigenvalue weighted by Gasteiger charge is -2.34. The molecule has 0 spiro atoms. The molecule has 0 aliphatic heterocycles. The Balaban J connectivity index is 1.80. The molecule has 1 atom stereocenters. The lowest BCUT2D eigenvalue weighted by molar-refractivity contribution is -0.140. The molecule has 11 heteroatoms. The van der Waals surface area contributed by atoms with Crippen molar-refractivity contribution in [2.24, 2.45) is 0 Å². The molecule has 0 aliphatic rings. The average Bonchev–Trinajstić information content (AvgIpc) is 3.02. The van der Waals surface area contributed by atoms with Crippen LogP contribution in [-0.2, 0) is 32.6 Å². The van der Waals surface area contributed by atoms with E-state index in [0.717, 1.165) is 44.2 Å². The molecule has 0 aromatic heterocycles. The van der Waals surface area contributed by atoms with Crippen LogP contribution in [0.1, 0.15) is 31.9 Å². The van der Waals surface area contributed by atoms with Gasteiger partial charge in [-0.25, -0.2) is 12.8 Å². The zero-order valence-corrected chi connectivity index (χ0v) is 28.3. The van der Waals surface area contributed by atoms with Crippen LogP contribution < -0.4 is 14.4 Å². The Labute approximate surface area is 278 Å². The van der Waals surface area contributed by atoms with Gasteiger partial charge < -0.3 is 15.0 Å². The third kappa shape index (κ3) is 9.17. The summed E-state index contributed by atoms with van der Waals surface area (Å²) in [4.78, 5) is 29.5. The average molecular weight is 711 g/mol. The Bertz CT molecular complexity index is 1720.